The van der Waals surface area contributed by atoms with Crippen molar-refractivity contribution in [2.75, 3.05) is 45.8 Å². The summed E-state index contributed by atoms with van der Waals surface area (Å²) >= 11 is 0. The summed E-state index contributed by atoms with van der Waals surface area (Å²) in [6.45, 7) is 12.5. The van der Waals surface area contributed by atoms with E-state index in [1.54, 1.807) is 0 Å². The highest BCUT2D eigenvalue weighted by atomic mass is 16.2. The van der Waals surface area contributed by atoms with Gasteiger partial charge in [-0.2, -0.15) is 0 Å². The molecule has 4 heteroatoms. The fourth-order valence-corrected chi connectivity index (χ4v) is 4.46. The third-order valence-corrected chi connectivity index (χ3v) is 6.31. The van der Waals surface area contributed by atoms with E-state index in [1.165, 1.54) is 30.5 Å². The highest BCUT2D eigenvalue weighted by Gasteiger charge is 2.24. The van der Waals surface area contributed by atoms with Crippen molar-refractivity contribution in [2.24, 2.45) is 5.92 Å². The van der Waals surface area contributed by atoms with E-state index in [-0.39, 0.29) is 0 Å². The molecule has 1 amide bonds. The third-order valence-electron chi connectivity index (χ3n) is 6.31. The molecule has 0 bridgehead atoms. The first kappa shape index (κ1) is 21.1. The van der Waals surface area contributed by atoms with Crippen LogP contribution in [0.15, 0.2) is 42.0 Å². The van der Waals surface area contributed by atoms with Gasteiger partial charge in [0.2, 0.25) is 5.91 Å². The van der Waals surface area contributed by atoms with Crippen LogP contribution in [0.5, 0.6) is 0 Å². The van der Waals surface area contributed by atoms with Crippen molar-refractivity contribution < 1.29 is 4.79 Å². The maximum absolute atomic E-state index is 12.7. The molecule has 0 radical (unpaired) electrons. The van der Waals surface area contributed by atoms with Crippen molar-refractivity contribution >= 4 is 5.91 Å². The number of hydrogen-bond donors (Lipinski definition) is 0. The molecule has 4 nitrogen and oxygen atoms in total. The molecule has 2 aliphatic heterocycles. The van der Waals surface area contributed by atoms with Gasteiger partial charge >= 0.3 is 0 Å². The first-order chi connectivity index (χ1) is 13.6. The van der Waals surface area contributed by atoms with Gasteiger partial charge in [-0.1, -0.05) is 42.0 Å². The van der Waals surface area contributed by atoms with Gasteiger partial charge in [0.1, 0.15) is 0 Å². The molecule has 28 heavy (non-hydrogen) atoms. The molecule has 0 aromatic heterocycles. The van der Waals surface area contributed by atoms with Crippen LogP contribution < -0.4 is 0 Å². The van der Waals surface area contributed by atoms with E-state index < -0.39 is 0 Å². The van der Waals surface area contributed by atoms with E-state index in [4.69, 9.17) is 0 Å². The van der Waals surface area contributed by atoms with Crippen molar-refractivity contribution in [3.8, 4) is 0 Å². The first-order valence-electron chi connectivity index (χ1n) is 11.0. The maximum Gasteiger partial charge on any atom is 0.222 e. The Morgan fingerprint density at radius 1 is 1.07 bits per heavy atom. The average Bonchev–Trinajstić information content (AvgIpc) is 2.73. The summed E-state index contributed by atoms with van der Waals surface area (Å²) in [5, 5.41) is 0. The van der Waals surface area contributed by atoms with Crippen molar-refractivity contribution in [2.45, 2.75) is 46.1 Å². The predicted octanol–water partition coefficient (Wildman–Crippen LogP) is 3.79. The Labute approximate surface area is 171 Å². The highest BCUT2D eigenvalue weighted by molar-refractivity contribution is 5.76. The van der Waals surface area contributed by atoms with Gasteiger partial charge in [-0.25, -0.2) is 0 Å². The molecule has 2 heterocycles. The number of likely N-dealkylation sites (tertiary alicyclic amines) is 1. The Morgan fingerprint density at radius 3 is 2.54 bits per heavy atom. The number of piperidine rings is 1. The molecular formula is C24H37N3O. The highest BCUT2D eigenvalue weighted by Crippen LogP contribution is 2.22. The minimum absolute atomic E-state index is 0.362. The van der Waals surface area contributed by atoms with E-state index in [9.17, 15) is 4.79 Å². The Bertz CT molecular complexity index is 635. The lowest BCUT2D eigenvalue weighted by Crippen LogP contribution is -2.48. The Balaban J connectivity index is 1.36. The summed E-state index contributed by atoms with van der Waals surface area (Å²) in [4.78, 5) is 19.8. The largest absolute Gasteiger partial charge is 0.340 e. The molecule has 0 N–H and O–H groups in total. The average molecular weight is 384 g/mol. The zero-order valence-electron chi connectivity index (χ0n) is 17.8. The number of rotatable bonds is 7. The number of nitrogens with zero attached hydrogens (tertiary/aromatic N) is 3. The Hall–Kier alpha value is -1.65. The maximum atomic E-state index is 12.7. The van der Waals surface area contributed by atoms with Crippen molar-refractivity contribution in [3.63, 3.8) is 0 Å². The number of benzene rings is 1. The SMILES string of the molecule is C/C=C(\C)CN1CCC[C@@H](CCC(=O)N2CCN(Cc3ccccc3)CC2)C1. The molecule has 2 fully saturated rings. The number of amides is 1. The van der Waals surface area contributed by atoms with Crippen LogP contribution in [0.2, 0.25) is 0 Å². The van der Waals surface area contributed by atoms with Crippen LogP contribution in [0.4, 0.5) is 0 Å². The van der Waals surface area contributed by atoms with Gasteiger partial charge in [0.05, 0.1) is 0 Å². The summed E-state index contributed by atoms with van der Waals surface area (Å²) < 4.78 is 0. The number of allylic oxidation sites excluding steroid dienone is 1. The van der Waals surface area contributed by atoms with Crippen LogP contribution in [0.1, 0.15) is 45.1 Å². The van der Waals surface area contributed by atoms with Crippen LogP contribution in [0.3, 0.4) is 0 Å². The molecule has 0 unspecified atom stereocenters. The second-order valence-electron chi connectivity index (χ2n) is 8.56. The number of piperazine rings is 1. The van der Waals surface area contributed by atoms with Gasteiger partial charge in [0, 0.05) is 52.2 Å². The zero-order chi connectivity index (χ0) is 19.8. The quantitative estimate of drug-likeness (QED) is 0.670. The fraction of sp³-hybridized carbons (Fsp3) is 0.625. The second kappa shape index (κ2) is 10.8. The first-order valence-corrected chi connectivity index (χ1v) is 11.0. The molecular weight excluding hydrogens is 346 g/mol. The van der Waals surface area contributed by atoms with Crippen molar-refractivity contribution in [1.82, 2.24) is 14.7 Å². The monoisotopic (exact) mass is 383 g/mol. The van der Waals surface area contributed by atoms with E-state index in [2.05, 4.69) is 65.0 Å². The predicted molar refractivity (Wildman–Crippen MR) is 116 cm³/mol. The second-order valence-corrected chi connectivity index (χ2v) is 8.56. The summed E-state index contributed by atoms with van der Waals surface area (Å²) in [6, 6.07) is 10.6. The van der Waals surface area contributed by atoms with Crippen molar-refractivity contribution in [1.29, 1.82) is 0 Å². The molecule has 154 valence electrons. The van der Waals surface area contributed by atoms with Gasteiger partial charge in [0.15, 0.2) is 0 Å². The summed E-state index contributed by atoms with van der Waals surface area (Å²) in [5.41, 5.74) is 2.81. The molecule has 3 rings (SSSR count). The van der Waals surface area contributed by atoms with E-state index in [1.807, 2.05) is 0 Å². The Morgan fingerprint density at radius 2 is 1.82 bits per heavy atom. The summed E-state index contributed by atoms with van der Waals surface area (Å²) in [6.07, 6.45) is 6.54. The lowest BCUT2D eigenvalue weighted by atomic mass is 9.93. The standard InChI is InChI=1S/C24H37N3O/c1-3-21(2)18-26-13-7-10-23(20-26)11-12-24(28)27-16-14-25(15-17-27)19-22-8-5-4-6-9-22/h3-6,8-9,23H,7,10-20H2,1-2H3/b21-3+/t23-/m0/s1. The van der Waals surface area contributed by atoms with Gasteiger partial charge in [-0.15, -0.1) is 0 Å². The number of hydrogen-bond acceptors (Lipinski definition) is 3. The summed E-state index contributed by atoms with van der Waals surface area (Å²) in [7, 11) is 0. The lowest BCUT2D eigenvalue weighted by molar-refractivity contribution is -0.133. The van der Waals surface area contributed by atoms with Crippen LogP contribution in [-0.2, 0) is 11.3 Å². The van der Waals surface area contributed by atoms with Crippen LogP contribution >= 0.6 is 0 Å². The lowest BCUT2D eigenvalue weighted by Gasteiger charge is -2.36. The smallest absolute Gasteiger partial charge is 0.222 e. The minimum atomic E-state index is 0.362. The molecule has 1 aromatic rings. The number of carbonyl (C=O) groups excluding carboxylic acids is 1. The van der Waals surface area contributed by atoms with E-state index >= 15 is 0 Å². The molecule has 1 atom stereocenters. The molecule has 0 spiro atoms. The van der Waals surface area contributed by atoms with Gasteiger partial charge in [-0.3, -0.25) is 14.6 Å². The normalized spacial score (nSPS) is 22.4. The molecule has 2 saturated heterocycles. The molecule has 2 aliphatic rings. The van der Waals surface area contributed by atoms with Crippen LogP contribution in [-0.4, -0.2) is 66.4 Å². The van der Waals surface area contributed by atoms with Gasteiger partial charge in [-0.05, 0) is 51.1 Å². The van der Waals surface area contributed by atoms with Crippen LogP contribution in [0, 0.1) is 5.92 Å². The summed E-state index contributed by atoms with van der Waals surface area (Å²) in [5.74, 6) is 1.04. The van der Waals surface area contributed by atoms with E-state index in [0.29, 0.717) is 11.8 Å². The van der Waals surface area contributed by atoms with Crippen LogP contribution in [0.25, 0.3) is 0 Å². The zero-order valence-corrected chi connectivity index (χ0v) is 17.8. The number of carbonyl (C=O) groups is 1. The third kappa shape index (κ3) is 6.46. The van der Waals surface area contributed by atoms with Gasteiger partial charge in [0.25, 0.3) is 0 Å². The minimum Gasteiger partial charge on any atom is -0.340 e. The fourth-order valence-electron chi connectivity index (χ4n) is 4.46. The molecule has 0 saturated carbocycles. The van der Waals surface area contributed by atoms with Gasteiger partial charge < -0.3 is 4.90 Å². The molecule has 1 aromatic carbocycles. The Kier molecular flexibility index (Phi) is 8.11. The van der Waals surface area contributed by atoms with E-state index in [0.717, 1.165) is 58.7 Å². The molecule has 0 aliphatic carbocycles. The van der Waals surface area contributed by atoms with Crippen molar-refractivity contribution in [3.05, 3.63) is 47.5 Å². The topological polar surface area (TPSA) is 26.8 Å².